The molecule has 94 valence electrons. The van der Waals surface area contributed by atoms with Crippen LogP contribution in [0.3, 0.4) is 0 Å². The van der Waals surface area contributed by atoms with Gasteiger partial charge in [-0.1, -0.05) is 41.4 Å². The summed E-state index contributed by atoms with van der Waals surface area (Å²) in [6.07, 6.45) is 1.67. The standard InChI is InChI=1S/C15H9Cl2NO/c16-11-4-2-5-12(9-11)19-13-6-1-3-10-7-8-18-15(17)14(10)13/h1-9H. The molecule has 0 aliphatic rings. The van der Waals surface area contributed by atoms with Crippen LogP contribution >= 0.6 is 23.2 Å². The fourth-order valence-corrected chi connectivity index (χ4v) is 2.34. The van der Waals surface area contributed by atoms with E-state index in [1.807, 2.05) is 36.4 Å². The van der Waals surface area contributed by atoms with Gasteiger partial charge in [-0.15, -0.1) is 0 Å². The number of benzene rings is 2. The van der Waals surface area contributed by atoms with Gasteiger partial charge < -0.3 is 4.74 Å². The maximum absolute atomic E-state index is 6.14. The molecular weight excluding hydrogens is 281 g/mol. The summed E-state index contributed by atoms with van der Waals surface area (Å²) < 4.78 is 5.84. The van der Waals surface area contributed by atoms with Crippen LogP contribution in [0, 0.1) is 0 Å². The molecule has 0 unspecified atom stereocenters. The topological polar surface area (TPSA) is 22.1 Å². The average molecular weight is 290 g/mol. The van der Waals surface area contributed by atoms with Crippen LogP contribution in [-0.2, 0) is 0 Å². The van der Waals surface area contributed by atoms with E-state index in [-0.39, 0.29) is 0 Å². The van der Waals surface area contributed by atoms with Crippen LogP contribution in [-0.4, -0.2) is 4.98 Å². The molecule has 0 radical (unpaired) electrons. The van der Waals surface area contributed by atoms with Crippen LogP contribution in [0.1, 0.15) is 0 Å². The molecule has 0 spiro atoms. The number of hydrogen-bond acceptors (Lipinski definition) is 2. The summed E-state index contributed by atoms with van der Waals surface area (Å²) in [5.74, 6) is 1.33. The number of halogens is 2. The molecule has 3 aromatic rings. The lowest BCUT2D eigenvalue weighted by Crippen LogP contribution is -1.87. The summed E-state index contributed by atoms with van der Waals surface area (Å²) in [6.45, 7) is 0. The number of ether oxygens (including phenoxy) is 1. The fraction of sp³-hybridized carbons (Fsp3) is 0. The quantitative estimate of drug-likeness (QED) is 0.595. The van der Waals surface area contributed by atoms with Crippen molar-refractivity contribution in [2.24, 2.45) is 0 Å². The predicted octanol–water partition coefficient (Wildman–Crippen LogP) is 5.33. The Morgan fingerprint density at radius 2 is 1.79 bits per heavy atom. The van der Waals surface area contributed by atoms with E-state index >= 15 is 0 Å². The molecule has 19 heavy (non-hydrogen) atoms. The molecule has 0 saturated heterocycles. The molecule has 1 heterocycles. The SMILES string of the molecule is Clc1cccc(Oc2cccc3ccnc(Cl)c23)c1. The molecule has 0 amide bonds. The molecule has 3 rings (SSSR count). The summed E-state index contributed by atoms with van der Waals surface area (Å²) in [4.78, 5) is 4.09. The van der Waals surface area contributed by atoms with E-state index < -0.39 is 0 Å². The van der Waals surface area contributed by atoms with Crippen LogP contribution in [0.5, 0.6) is 11.5 Å². The van der Waals surface area contributed by atoms with Gasteiger partial charge in [-0.05, 0) is 35.7 Å². The zero-order valence-corrected chi connectivity index (χ0v) is 11.3. The highest BCUT2D eigenvalue weighted by atomic mass is 35.5. The van der Waals surface area contributed by atoms with Crippen LogP contribution in [0.4, 0.5) is 0 Å². The van der Waals surface area contributed by atoms with Crippen LogP contribution < -0.4 is 4.74 Å². The molecule has 0 aliphatic carbocycles. The van der Waals surface area contributed by atoms with Gasteiger partial charge in [0.25, 0.3) is 0 Å². The minimum absolute atomic E-state index is 0.426. The number of fused-ring (bicyclic) bond motifs is 1. The van der Waals surface area contributed by atoms with Gasteiger partial charge in [0.1, 0.15) is 16.7 Å². The van der Waals surface area contributed by atoms with E-state index in [2.05, 4.69) is 4.98 Å². The largest absolute Gasteiger partial charge is 0.457 e. The molecule has 0 saturated carbocycles. The minimum atomic E-state index is 0.426. The maximum atomic E-state index is 6.14. The van der Waals surface area contributed by atoms with Crippen molar-refractivity contribution in [2.75, 3.05) is 0 Å². The van der Waals surface area contributed by atoms with E-state index in [1.165, 1.54) is 0 Å². The van der Waals surface area contributed by atoms with E-state index in [9.17, 15) is 0 Å². The highest BCUT2D eigenvalue weighted by Gasteiger charge is 2.08. The highest BCUT2D eigenvalue weighted by molar-refractivity contribution is 6.34. The molecule has 0 N–H and O–H groups in total. The van der Waals surface area contributed by atoms with Gasteiger partial charge in [-0.3, -0.25) is 0 Å². The van der Waals surface area contributed by atoms with Crippen molar-refractivity contribution in [2.45, 2.75) is 0 Å². The normalized spacial score (nSPS) is 10.6. The summed E-state index contributed by atoms with van der Waals surface area (Å²) in [6, 6.07) is 14.9. The van der Waals surface area contributed by atoms with Gasteiger partial charge in [0.05, 0.1) is 5.39 Å². The summed E-state index contributed by atoms with van der Waals surface area (Å²) >= 11 is 12.1. The highest BCUT2D eigenvalue weighted by Crippen LogP contribution is 2.34. The number of nitrogens with zero attached hydrogens (tertiary/aromatic N) is 1. The Hall–Kier alpha value is -1.77. The van der Waals surface area contributed by atoms with Crippen LogP contribution in [0.25, 0.3) is 10.8 Å². The van der Waals surface area contributed by atoms with Crippen molar-refractivity contribution < 1.29 is 4.74 Å². The number of aromatic nitrogens is 1. The Balaban J connectivity index is 2.11. The van der Waals surface area contributed by atoms with E-state index in [0.717, 1.165) is 10.8 Å². The third kappa shape index (κ3) is 2.50. The predicted molar refractivity (Wildman–Crippen MR) is 78.3 cm³/mol. The van der Waals surface area contributed by atoms with Gasteiger partial charge in [0.15, 0.2) is 0 Å². The molecule has 1 aromatic heterocycles. The Morgan fingerprint density at radius 1 is 0.947 bits per heavy atom. The molecule has 0 aliphatic heterocycles. The lowest BCUT2D eigenvalue weighted by atomic mass is 10.1. The van der Waals surface area contributed by atoms with E-state index in [0.29, 0.717) is 21.7 Å². The number of hydrogen-bond donors (Lipinski definition) is 0. The van der Waals surface area contributed by atoms with Gasteiger partial charge >= 0.3 is 0 Å². The first-order valence-electron chi connectivity index (χ1n) is 5.71. The second-order valence-electron chi connectivity index (χ2n) is 4.02. The first-order chi connectivity index (χ1) is 9.24. The molecular formula is C15H9Cl2NO. The molecule has 2 aromatic carbocycles. The summed E-state index contributed by atoms with van der Waals surface area (Å²) in [5.41, 5.74) is 0. The monoisotopic (exact) mass is 289 g/mol. The van der Waals surface area contributed by atoms with Crippen molar-refractivity contribution in [3.8, 4) is 11.5 Å². The van der Waals surface area contributed by atoms with Crippen molar-refractivity contribution >= 4 is 34.0 Å². The molecule has 0 atom stereocenters. The summed E-state index contributed by atoms with van der Waals surface area (Å²) in [7, 11) is 0. The van der Waals surface area contributed by atoms with Gasteiger partial charge in [0, 0.05) is 11.2 Å². The Bertz CT molecular complexity index is 738. The van der Waals surface area contributed by atoms with Crippen LogP contribution in [0.15, 0.2) is 54.7 Å². The number of rotatable bonds is 2. The third-order valence-corrected chi connectivity index (χ3v) is 3.25. The van der Waals surface area contributed by atoms with E-state index in [1.54, 1.807) is 18.3 Å². The number of pyridine rings is 1. The maximum Gasteiger partial charge on any atom is 0.140 e. The Labute approximate surface area is 120 Å². The molecule has 2 nitrogen and oxygen atoms in total. The first kappa shape index (κ1) is 12.3. The molecule has 0 bridgehead atoms. The third-order valence-electron chi connectivity index (χ3n) is 2.73. The molecule has 4 heteroatoms. The van der Waals surface area contributed by atoms with Gasteiger partial charge in [-0.25, -0.2) is 4.98 Å². The van der Waals surface area contributed by atoms with Crippen molar-refractivity contribution in [3.05, 3.63) is 64.9 Å². The zero-order chi connectivity index (χ0) is 13.2. The lowest BCUT2D eigenvalue weighted by molar-refractivity contribution is 0.488. The zero-order valence-electron chi connectivity index (χ0n) is 9.81. The van der Waals surface area contributed by atoms with Crippen LogP contribution in [0.2, 0.25) is 10.2 Å². The van der Waals surface area contributed by atoms with Crippen molar-refractivity contribution in [1.29, 1.82) is 0 Å². The minimum Gasteiger partial charge on any atom is -0.457 e. The van der Waals surface area contributed by atoms with E-state index in [4.69, 9.17) is 27.9 Å². The van der Waals surface area contributed by atoms with Crippen molar-refractivity contribution in [3.63, 3.8) is 0 Å². The second-order valence-corrected chi connectivity index (χ2v) is 4.81. The Kier molecular flexibility index (Phi) is 3.28. The average Bonchev–Trinajstić information content (AvgIpc) is 2.39. The molecule has 0 fully saturated rings. The van der Waals surface area contributed by atoms with Gasteiger partial charge in [-0.2, -0.15) is 0 Å². The summed E-state index contributed by atoms with van der Waals surface area (Å²) in [5, 5.41) is 2.84. The Morgan fingerprint density at radius 3 is 2.63 bits per heavy atom. The smallest absolute Gasteiger partial charge is 0.140 e. The van der Waals surface area contributed by atoms with Gasteiger partial charge in [0.2, 0.25) is 0 Å². The fourth-order valence-electron chi connectivity index (χ4n) is 1.90. The lowest BCUT2D eigenvalue weighted by Gasteiger charge is -2.09. The van der Waals surface area contributed by atoms with Crippen molar-refractivity contribution in [1.82, 2.24) is 4.98 Å². The first-order valence-corrected chi connectivity index (χ1v) is 6.46. The second kappa shape index (κ2) is 5.08.